The summed E-state index contributed by atoms with van der Waals surface area (Å²) < 4.78 is 6.58. The third-order valence-corrected chi connectivity index (χ3v) is 3.88. The van der Waals surface area contributed by atoms with Crippen LogP contribution in [0.4, 0.5) is 0 Å². The zero-order chi connectivity index (χ0) is 16.0. The fourth-order valence-electron chi connectivity index (χ4n) is 2.76. The molecule has 0 fully saturated rings. The lowest BCUT2D eigenvalue weighted by molar-refractivity contribution is 0.0522. The molecule has 2 aromatic rings. The number of hydrogen-bond acceptors (Lipinski definition) is 5. The predicted octanol–water partition coefficient (Wildman–Crippen LogP) is 1.68. The van der Waals surface area contributed by atoms with E-state index in [4.69, 9.17) is 4.74 Å². The smallest absolute Gasteiger partial charge is 0.340 e. The van der Waals surface area contributed by atoms with Crippen LogP contribution in [0.2, 0.25) is 0 Å². The Balaban J connectivity index is 2.31. The van der Waals surface area contributed by atoms with Crippen molar-refractivity contribution in [3.63, 3.8) is 0 Å². The van der Waals surface area contributed by atoms with E-state index in [2.05, 4.69) is 4.98 Å². The van der Waals surface area contributed by atoms with Gasteiger partial charge in [-0.15, -0.1) is 0 Å². The summed E-state index contributed by atoms with van der Waals surface area (Å²) in [5.74, 6) is -1.32. The maximum absolute atomic E-state index is 12.7. The van der Waals surface area contributed by atoms with Gasteiger partial charge in [0, 0.05) is 18.9 Å². The SMILES string of the molecule is CCOC(=O)c1c2c(n(C)c1C)C(=O)c1ncccc1C2=O. The molecule has 0 atom stereocenters. The molecule has 22 heavy (non-hydrogen) atoms. The molecule has 3 rings (SSSR count). The summed E-state index contributed by atoms with van der Waals surface area (Å²) in [6, 6.07) is 3.14. The highest BCUT2D eigenvalue weighted by atomic mass is 16.5. The molecule has 112 valence electrons. The first-order chi connectivity index (χ1) is 10.5. The molecule has 0 amide bonds. The Labute approximate surface area is 126 Å². The average molecular weight is 298 g/mol. The standard InChI is InChI=1S/C16H14N2O4/c1-4-22-16(21)10-8(2)18(3)13-11(10)14(19)9-6-5-7-17-12(9)15(13)20/h5-7H,4H2,1-3H3. The van der Waals surface area contributed by atoms with Crippen LogP contribution >= 0.6 is 0 Å². The molecular weight excluding hydrogens is 284 g/mol. The minimum absolute atomic E-state index is 0.115. The molecule has 0 N–H and O–H groups in total. The van der Waals surface area contributed by atoms with Crippen LogP contribution in [0.3, 0.4) is 0 Å². The summed E-state index contributed by atoms with van der Waals surface area (Å²) in [6.07, 6.45) is 1.47. The zero-order valence-corrected chi connectivity index (χ0v) is 12.5. The van der Waals surface area contributed by atoms with Gasteiger partial charge in [0.25, 0.3) is 0 Å². The predicted molar refractivity (Wildman–Crippen MR) is 77.2 cm³/mol. The number of esters is 1. The molecule has 0 radical (unpaired) electrons. The number of nitrogens with zero attached hydrogens (tertiary/aromatic N) is 2. The number of pyridine rings is 1. The Bertz CT molecular complexity index is 833. The van der Waals surface area contributed by atoms with Crippen molar-refractivity contribution < 1.29 is 19.1 Å². The first-order valence-corrected chi connectivity index (χ1v) is 6.89. The van der Waals surface area contributed by atoms with Gasteiger partial charge in [0.1, 0.15) is 11.4 Å². The molecule has 2 heterocycles. The number of carbonyl (C=O) groups excluding carboxylic acids is 3. The normalized spacial score (nSPS) is 12.9. The Kier molecular flexibility index (Phi) is 3.16. The molecule has 0 saturated heterocycles. The van der Waals surface area contributed by atoms with Crippen molar-refractivity contribution in [2.45, 2.75) is 13.8 Å². The molecule has 0 spiro atoms. The van der Waals surface area contributed by atoms with E-state index in [1.54, 1.807) is 37.6 Å². The van der Waals surface area contributed by atoms with Gasteiger partial charge in [-0.1, -0.05) is 0 Å². The molecular formula is C16H14N2O4. The first kappa shape index (κ1) is 14.2. The summed E-state index contributed by atoms with van der Waals surface area (Å²) in [7, 11) is 1.65. The Morgan fingerprint density at radius 2 is 2.05 bits per heavy atom. The number of aromatic nitrogens is 2. The molecule has 0 bridgehead atoms. The number of hydrogen-bond donors (Lipinski definition) is 0. The number of rotatable bonds is 2. The van der Waals surface area contributed by atoms with E-state index in [-0.39, 0.29) is 46.3 Å². The third-order valence-electron chi connectivity index (χ3n) is 3.88. The van der Waals surface area contributed by atoms with Gasteiger partial charge < -0.3 is 9.30 Å². The van der Waals surface area contributed by atoms with Gasteiger partial charge in [0.15, 0.2) is 5.78 Å². The lowest BCUT2D eigenvalue weighted by atomic mass is 9.89. The monoisotopic (exact) mass is 298 g/mol. The van der Waals surface area contributed by atoms with Crippen molar-refractivity contribution in [1.29, 1.82) is 0 Å². The van der Waals surface area contributed by atoms with E-state index in [1.165, 1.54) is 6.20 Å². The van der Waals surface area contributed by atoms with E-state index in [1.807, 2.05) is 0 Å². The van der Waals surface area contributed by atoms with Gasteiger partial charge in [0.2, 0.25) is 5.78 Å². The van der Waals surface area contributed by atoms with Crippen molar-refractivity contribution in [2.24, 2.45) is 7.05 Å². The summed E-state index contributed by atoms with van der Waals surface area (Å²) in [5.41, 5.74) is 1.33. The Morgan fingerprint density at radius 1 is 1.32 bits per heavy atom. The van der Waals surface area contributed by atoms with Crippen molar-refractivity contribution in [3.05, 3.63) is 52.1 Å². The second-order valence-corrected chi connectivity index (χ2v) is 5.02. The highest BCUT2D eigenvalue weighted by Crippen LogP contribution is 2.32. The van der Waals surface area contributed by atoms with Gasteiger partial charge in [0.05, 0.1) is 23.3 Å². The van der Waals surface area contributed by atoms with E-state index in [0.717, 1.165) is 0 Å². The lowest BCUT2D eigenvalue weighted by Gasteiger charge is -2.15. The zero-order valence-electron chi connectivity index (χ0n) is 12.5. The first-order valence-electron chi connectivity index (χ1n) is 6.89. The molecule has 0 aliphatic heterocycles. The number of ether oxygens (including phenoxy) is 1. The minimum atomic E-state index is -0.592. The molecule has 2 aromatic heterocycles. The van der Waals surface area contributed by atoms with Crippen molar-refractivity contribution in [1.82, 2.24) is 9.55 Å². The fourth-order valence-corrected chi connectivity index (χ4v) is 2.76. The molecule has 0 saturated carbocycles. The molecule has 6 heteroatoms. The second kappa shape index (κ2) is 4.91. The van der Waals surface area contributed by atoms with Gasteiger partial charge in [-0.25, -0.2) is 4.79 Å². The maximum Gasteiger partial charge on any atom is 0.340 e. The van der Waals surface area contributed by atoms with Crippen LogP contribution in [-0.2, 0) is 11.8 Å². The molecule has 0 aromatic carbocycles. The number of carbonyl (C=O) groups is 3. The number of ketones is 2. The van der Waals surface area contributed by atoms with Crippen molar-refractivity contribution in [2.75, 3.05) is 6.61 Å². The van der Waals surface area contributed by atoms with Crippen LogP contribution in [0.25, 0.3) is 0 Å². The van der Waals surface area contributed by atoms with Crippen LogP contribution in [0, 0.1) is 6.92 Å². The van der Waals surface area contributed by atoms with Crippen molar-refractivity contribution in [3.8, 4) is 0 Å². The van der Waals surface area contributed by atoms with E-state index in [9.17, 15) is 14.4 Å². The van der Waals surface area contributed by atoms with Gasteiger partial charge in [-0.05, 0) is 26.0 Å². The third kappa shape index (κ3) is 1.73. The van der Waals surface area contributed by atoms with Crippen LogP contribution in [0.1, 0.15) is 55.1 Å². The van der Waals surface area contributed by atoms with E-state index in [0.29, 0.717) is 5.69 Å². The summed E-state index contributed by atoms with van der Waals surface area (Å²) in [5, 5.41) is 0. The van der Waals surface area contributed by atoms with Gasteiger partial charge in [-0.2, -0.15) is 0 Å². The maximum atomic E-state index is 12.7. The van der Waals surface area contributed by atoms with Gasteiger partial charge >= 0.3 is 5.97 Å². The van der Waals surface area contributed by atoms with Crippen LogP contribution < -0.4 is 0 Å². The van der Waals surface area contributed by atoms with Crippen LogP contribution in [0.5, 0.6) is 0 Å². The lowest BCUT2D eigenvalue weighted by Crippen LogP contribution is -2.24. The van der Waals surface area contributed by atoms with Gasteiger partial charge in [-0.3, -0.25) is 14.6 Å². The molecule has 1 aliphatic carbocycles. The topological polar surface area (TPSA) is 78.3 Å². The largest absolute Gasteiger partial charge is 0.462 e. The second-order valence-electron chi connectivity index (χ2n) is 5.02. The quantitative estimate of drug-likeness (QED) is 0.673. The fraction of sp³-hybridized carbons (Fsp3) is 0.250. The molecule has 0 unspecified atom stereocenters. The Hall–Kier alpha value is -2.76. The molecule has 1 aliphatic rings. The number of fused-ring (bicyclic) bond motifs is 2. The summed E-state index contributed by atoms with van der Waals surface area (Å²) >= 11 is 0. The van der Waals surface area contributed by atoms with Crippen LogP contribution in [-0.4, -0.2) is 33.7 Å². The van der Waals surface area contributed by atoms with Crippen LogP contribution in [0.15, 0.2) is 18.3 Å². The average Bonchev–Trinajstić information content (AvgIpc) is 2.78. The van der Waals surface area contributed by atoms with Crippen molar-refractivity contribution >= 4 is 17.5 Å². The van der Waals surface area contributed by atoms with E-state index < -0.39 is 5.97 Å². The minimum Gasteiger partial charge on any atom is -0.462 e. The molecule has 6 nitrogen and oxygen atoms in total. The van der Waals surface area contributed by atoms with E-state index >= 15 is 0 Å². The summed E-state index contributed by atoms with van der Waals surface area (Å²) in [6.45, 7) is 3.57. The summed E-state index contributed by atoms with van der Waals surface area (Å²) in [4.78, 5) is 41.6. The highest BCUT2D eigenvalue weighted by Gasteiger charge is 2.39. The highest BCUT2D eigenvalue weighted by molar-refractivity contribution is 6.29. The Morgan fingerprint density at radius 3 is 2.73 bits per heavy atom.